The van der Waals surface area contributed by atoms with Crippen LogP contribution in [0.3, 0.4) is 0 Å². The Morgan fingerprint density at radius 1 is 0.800 bits per heavy atom. The van der Waals surface area contributed by atoms with Gasteiger partial charge >= 0.3 is 0 Å². The molecule has 0 N–H and O–H groups in total. The van der Waals surface area contributed by atoms with Crippen LogP contribution in [-0.4, -0.2) is 29.8 Å². The Bertz CT molecular complexity index is 1180. The van der Waals surface area contributed by atoms with E-state index < -0.39 is 11.6 Å². The van der Waals surface area contributed by atoms with Crippen LogP contribution in [0.15, 0.2) is 66.7 Å². The van der Waals surface area contributed by atoms with E-state index in [2.05, 4.69) is 53.4 Å². The molecule has 0 radical (unpaired) electrons. The minimum Gasteiger partial charge on any atom is -0.368 e. The number of piperidine rings is 1. The molecule has 3 aromatic rings. The lowest BCUT2D eigenvalue weighted by Crippen LogP contribution is -2.35. The molecular weight excluding hydrogens is 442 g/mol. The van der Waals surface area contributed by atoms with Crippen molar-refractivity contribution < 1.29 is 13.6 Å². The average Bonchev–Trinajstić information content (AvgIpc) is 3.44. The van der Waals surface area contributed by atoms with Crippen LogP contribution in [0.5, 0.6) is 0 Å². The van der Waals surface area contributed by atoms with Crippen molar-refractivity contribution in [1.29, 1.82) is 0 Å². The molecule has 0 aromatic heterocycles. The number of rotatable bonds is 6. The Hall–Kier alpha value is -3.05. The predicted octanol–water partition coefficient (Wildman–Crippen LogP) is 6.01. The molecule has 2 aliphatic carbocycles. The number of nitrogens with zero attached hydrogens (tertiary/aromatic N) is 2. The van der Waals surface area contributed by atoms with E-state index in [4.69, 9.17) is 0 Å². The fraction of sp³-hybridized carbons (Fsp3) is 0.367. The third-order valence-electron chi connectivity index (χ3n) is 8.02. The van der Waals surface area contributed by atoms with E-state index in [9.17, 15) is 9.18 Å². The minimum atomic E-state index is -0.948. The van der Waals surface area contributed by atoms with Crippen LogP contribution in [0.2, 0.25) is 0 Å². The molecule has 1 heterocycles. The smallest absolute Gasteiger partial charge is 0.182 e. The summed E-state index contributed by atoms with van der Waals surface area (Å²) in [5.74, 6) is -1.20. The second-order valence-electron chi connectivity index (χ2n) is 10.3. The third kappa shape index (κ3) is 4.27. The maximum Gasteiger partial charge on any atom is 0.182 e. The van der Waals surface area contributed by atoms with Crippen molar-refractivity contribution >= 4 is 11.5 Å². The molecule has 0 spiro atoms. The van der Waals surface area contributed by atoms with Gasteiger partial charge in [-0.3, -0.25) is 9.69 Å². The number of anilines is 1. The van der Waals surface area contributed by atoms with Crippen LogP contribution < -0.4 is 4.90 Å². The van der Waals surface area contributed by atoms with Gasteiger partial charge in [-0.25, -0.2) is 8.78 Å². The highest BCUT2D eigenvalue weighted by Gasteiger charge is 2.58. The third-order valence-corrected chi connectivity index (χ3v) is 8.02. The first-order valence-corrected chi connectivity index (χ1v) is 12.7. The van der Waals surface area contributed by atoms with Crippen LogP contribution in [0.25, 0.3) is 0 Å². The summed E-state index contributed by atoms with van der Waals surface area (Å²) in [7, 11) is 0. The highest BCUT2D eigenvalue weighted by atomic mass is 19.2. The van der Waals surface area contributed by atoms with Gasteiger partial charge in [0.15, 0.2) is 17.4 Å². The molecule has 1 saturated heterocycles. The highest BCUT2D eigenvalue weighted by molar-refractivity contribution is 5.98. The van der Waals surface area contributed by atoms with Crippen molar-refractivity contribution in [2.75, 3.05) is 18.0 Å². The molecule has 180 valence electrons. The zero-order valence-electron chi connectivity index (χ0n) is 19.8. The second-order valence-corrected chi connectivity index (χ2v) is 10.3. The van der Waals surface area contributed by atoms with Crippen LogP contribution in [-0.2, 0) is 19.5 Å². The first kappa shape index (κ1) is 22.4. The number of Topliss-reactive ketones (excluding diaryl/α,β-unsaturated/α-hetero) is 1. The lowest BCUT2D eigenvalue weighted by Gasteiger charge is -2.29. The Balaban J connectivity index is 1.21. The molecule has 3 aliphatic rings. The molecule has 3 aromatic carbocycles. The van der Waals surface area contributed by atoms with Gasteiger partial charge in [0, 0.05) is 38.6 Å². The molecule has 1 saturated carbocycles. The number of halogens is 2. The van der Waals surface area contributed by atoms with Crippen LogP contribution in [0.4, 0.5) is 14.5 Å². The number of hydrogen-bond acceptors (Lipinski definition) is 3. The van der Waals surface area contributed by atoms with Crippen LogP contribution in [0.1, 0.15) is 46.3 Å². The van der Waals surface area contributed by atoms with Gasteiger partial charge in [0.05, 0.1) is 11.3 Å². The summed E-state index contributed by atoms with van der Waals surface area (Å²) in [5.41, 5.74) is 3.57. The SMILES string of the molecule is O=C1CCCCc2cc(N3CC4C(C3)C4N(Cc3ccccc3)Cc3ccccc3)c(F)c(F)c21. The van der Waals surface area contributed by atoms with Gasteiger partial charge in [-0.1, -0.05) is 60.7 Å². The fourth-order valence-electron chi connectivity index (χ4n) is 6.25. The zero-order chi connectivity index (χ0) is 23.9. The summed E-state index contributed by atoms with van der Waals surface area (Å²) in [6.45, 7) is 3.19. The zero-order valence-corrected chi connectivity index (χ0v) is 19.8. The van der Waals surface area contributed by atoms with Gasteiger partial charge in [-0.05, 0) is 53.9 Å². The number of carbonyl (C=O) groups excluding carboxylic acids is 1. The lowest BCUT2D eigenvalue weighted by atomic mass is 9.99. The van der Waals surface area contributed by atoms with Crippen molar-refractivity contribution in [3.05, 3.63) is 101 Å². The van der Waals surface area contributed by atoms with Gasteiger partial charge in [-0.2, -0.15) is 0 Å². The molecule has 0 amide bonds. The Morgan fingerprint density at radius 2 is 1.37 bits per heavy atom. The Kier molecular flexibility index (Phi) is 5.89. The first-order valence-electron chi connectivity index (χ1n) is 12.7. The number of ketones is 1. The highest BCUT2D eigenvalue weighted by Crippen LogP contribution is 2.51. The van der Waals surface area contributed by atoms with Crippen LogP contribution >= 0.6 is 0 Å². The quantitative estimate of drug-likeness (QED) is 0.411. The van der Waals surface area contributed by atoms with E-state index in [1.165, 1.54) is 11.1 Å². The summed E-state index contributed by atoms with van der Waals surface area (Å²) in [6, 6.07) is 23.2. The molecule has 35 heavy (non-hydrogen) atoms. The number of aryl methyl sites for hydroxylation is 1. The van der Waals surface area contributed by atoms with Crippen molar-refractivity contribution in [2.24, 2.45) is 11.8 Å². The van der Waals surface area contributed by atoms with Gasteiger partial charge in [0.1, 0.15) is 0 Å². The molecule has 1 aliphatic heterocycles. The fourth-order valence-corrected chi connectivity index (χ4v) is 6.25. The maximum absolute atomic E-state index is 15.1. The molecule has 0 bridgehead atoms. The lowest BCUT2D eigenvalue weighted by molar-refractivity contribution is 0.0977. The largest absolute Gasteiger partial charge is 0.368 e. The molecular formula is C30H30F2N2O. The van der Waals surface area contributed by atoms with E-state index in [0.717, 1.165) is 39.0 Å². The standard InChI is InChI=1S/C30H30F2N2O/c31-28-25(15-22-13-7-8-14-26(35)27(22)29(28)32)33-18-23-24(19-33)30(23)34(16-20-9-3-1-4-10-20)17-21-11-5-2-6-12-21/h1-6,9-12,15,23-24,30H,7-8,13-14,16-19H2. The maximum atomic E-state index is 15.1. The average molecular weight is 473 g/mol. The topological polar surface area (TPSA) is 23.6 Å². The molecule has 2 fully saturated rings. The van der Waals surface area contributed by atoms with Crippen molar-refractivity contribution in [1.82, 2.24) is 4.90 Å². The summed E-state index contributed by atoms with van der Waals surface area (Å²) in [5, 5.41) is 0. The Morgan fingerprint density at radius 3 is 1.97 bits per heavy atom. The van der Waals surface area contributed by atoms with Gasteiger partial charge in [0.2, 0.25) is 0 Å². The summed E-state index contributed by atoms with van der Waals surface area (Å²) in [4.78, 5) is 16.9. The molecule has 2 unspecified atom stereocenters. The van der Waals surface area contributed by atoms with Crippen molar-refractivity contribution in [2.45, 2.75) is 44.8 Å². The van der Waals surface area contributed by atoms with E-state index in [1.54, 1.807) is 6.07 Å². The van der Waals surface area contributed by atoms with E-state index in [0.29, 0.717) is 42.0 Å². The summed E-state index contributed by atoms with van der Waals surface area (Å²) < 4.78 is 30.1. The predicted molar refractivity (Wildman–Crippen MR) is 133 cm³/mol. The number of hydrogen-bond donors (Lipinski definition) is 0. The Labute approximate surface area is 205 Å². The monoisotopic (exact) mass is 472 g/mol. The molecule has 5 heteroatoms. The first-order chi connectivity index (χ1) is 17.1. The number of benzene rings is 3. The van der Waals surface area contributed by atoms with Crippen molar-refractivity contribution in [3.8, 4) is 0 Å². The minimum absolute atomic E-state index is 0.0112. The summed E-state index contributed by atoms with van der Waals surface area (Å²) in [6.07, 6.45) is 2.51. The van der Waals surface area contributed by atoms with Gasteiger partial charge < -0.3 is 4.90 Å². The number of carbonyl (C=O) groups is 1. The van der Waals surface area contributed by atoms with E-state index >= 15 is 4.39 Å². The van der Waals surface area contributed by atoms with Crippen LogP contribution in [0, 0.1) is 23.5 Å². The second kappa shape index (κ2) is 9.19. The van der Waals surface area contributed by atoms with Crippen molar-refractivity contribution in [3.63, 3.8) is 0 Å². The van der Waals surface area contributed by atoms with Gasteiger partial charge in [-0.15, -0.1) is 0 Å². The van der Waals surface area contributed by atoms with E-state index in [-0.39, 0.29) is 11.3 Å². The van der Waals surface area contributed by atoms with Gasteiger partial charge in [0.25, 0.3) is 0 Å². The molecule has 6 rings (SSSR count). The molecule has 2 atom stereocenters. The van der Waals surface area contributed by atoms with E-state index in [1.807, 2.05) is 17.0 Å². The summed E-state index contributed by atoms with van der Waals surface area (Å²) >= 11 is 0. The normalized spacial score (nSPS) is 23.2. The molecule has 3 nitrogen and oxygen atoms in total. The number of fused-ring (bicyclic) bond motifs is 2.